The van der Waals surface area contributed by atoms with Crippen LogP contribution in [0.5, 0.6) is 0 Å². The van der Waals surface area contributed by atoms with Crippen LogP contribution in [0.1, 0.15) is 25.0 Å². The van der Waals surface area contributed by atoms with Crippen LogP contribution in [0, 0.1) is 0 Å². The lowest BCUT2D eigenvalue weighted by Crippen LogP contribution is -2.14. The second-order valence-corrected chi connectivity index (χ2v) is 12.7. The molecule has 1 aliphatic rings. The minimum absolute atomic E-state index is 0.0212. The van der Waals surface area contributed by atoms with Crippen LogP contribution >= 0.6 is 0 Å². The van der Waals surface area contributed by atoms with Crippen molar-refractivity contribution < 1.29 is 0 Å². The van der Waals surface area contributed by atoms with Gasteiger partial charge in [0.05, 0.1) is 16.7 Å². The SMILES string of the molecule is CC1(C)c2ccccc2-c2cc(Nc3ccc(-c4ccc5cccc(-n6c7ccccc7c7ccccc76)c5c4)cc3)ccc21. The molecule has 1 aliphatic carbocycles. The fourth-order valence-electron chi connectivity index (χ4n) is 7.52. The fraction of sp³-hybridized carbons (Fsp3) is 0.0698. The maximum absolute atomic E-state index is 3.66. The molecule has 1 N–H and O–H groups in total. The molecule has 214 valence electrons. The minimum atomic E-state index is 0.0212. The molecule has 45 heavy (non-hydrogen) atoms. The first kappa shape index (κ1) is 25.9. The zero-order valence-electron chi connectivity index (χ0n) is 25.4. The van der Waals surface area contributed by atoms with E-state index in [2.05, 4.69) is 175 Å². The maximum atomic E-state index is 3.66. The number of benzene rings is 7. The van der Waals surface area contributed by atoms with Gasteiger partial charge in [-0.2, -0.15) is 0 Å². The summed E-state index contributed by atoms with van der Waals surface area (Å²) in [6, 6.07) is 55.3. The average Bonchev–Trinajstić information content (AvgIpc) is 3.53. The van der Waals surface area contributed by atoms with E-state index in [1.54, 1.807) is 0 Å². The van der Waals surface area contributed by atoms with Gasteiger partial charge in [0.2, 0.25) is 0 Å². The Kier molecular flexibility index (Phi) is 5.58. The Labute approximate surface area is 263 Å². The molecule has 0 unspecified atom stereocenters. The number of hydrogen-bond donors (Lipinski definition) is 1. The van der Waals surface area contributed by atoms with E-state index in [4.69, 9.17) is 0 Å². The van der Waals surface area contributed by atoms with Gasteiger partial charge >= 0.3 is 0 Å². The van der Waals surface area contributed by atoms with Crippen molar-refractivity contribution >= 4 is 44.0 Å². The van der Waals surface area contributed by atoms with Gasteiger partial charge in [-0.05, 0) is 87.3 Å². The third-order valence-corrected chi connectivity index (χ3v) is 9.77. The lowest BCUT2D eigenvalue weighted by atomic mass is 9.82. The predicted octanol–water partition coefficient (Wildman–Crippen LogP) is 11.7. The molecule has 0 atom stereocenters. The summed E-state index contributed by atoms with van der Waals surface area (Å²) >= 11 is 0. The van der Waals surface area contributed by atoms with Crippen LogP contribution in [0.3, 0.4) is 0 Å². The number of para-hydroxylation sites is 2. The van der Waals surface area contributed by atoms with Gasteiger partial charge in [-0.3, -0.25) is 0 Å². The van der Waals surface area contributed by atoms with Gasteiger partial charge in [-0.15, -0.1) is 0 Å². The van der Waals surface area contributed by atoms with E-state index in [-0.39, 0.29) is 5.41 Å². The van der Waals surface area contributed by atoms with Crippen LogP contribution in [0.25, 0.3) is 60.5 Å². The highest BCUT2D eigenvalue weighted by Gasteiger charge is 2.35. The average molecular weight is 577 g/mol. The molecule has 1 aromatic heterocycles. The Morgan fingerprint density at radius 2 is 1.11 bits per heavy atom. The Bertz CT molecular complexity index is 2370. The highest BCUT2D eigenvalue weighted by atomic mass is 15.0. The Morgan fingerprint density at radius 3 is 1.89 bits per heavy atom. The van der Waals surface area contributed by atoms with E-state index in [9.17, 15) is 0 Å². The largest absolute Gasteiger partial charge is 0.356 e. The summed E-state index contributed by atoms with van der Waals surface area (Å²) in [6.07, 6.45) is 0. The van der Waals surface area contributed by atoms with Crippen LogP contribution in [0.4, 0.5) is 11.4 Å². The van der Waals surface area contributed by atoms with Crippen LogP contribution < -0.4 is 5.32 Å². The lowest BCUT2D eigenvalue weighted by Gasteiger charge is -2.21. The molecular weight excluding hydrogens is 544 g/mol. The molecular formula is C43H32N2. The Balaban J connectivity index is 1.07. The summed E-state index contributed by atoms with van der Waals surface area (Å²) in [5, 5.41) is 8.69. The standard InChI is InChI=1S/C43H32N2/c1-43(2)38-14-6-3-11-33(38)37-27-32(24-25-39(37)43)44-31-22-20-28(21-23-31)30-19-18-29-10-9-17-42(36(29)26-30)45-40-15-7-4-12-34(40)35-13-5-8-16-41(35)45/h3-27,44H,1-2H3. The molecule has 1 heterocycles. The van der Waals surface area contributed by atoms with Crippen LogP contribution in [-0.4, -0.2) is 4.57 Å². The van der Waals surface area contributed by atoms with E-state index >= 15 is 0 Å². The molecule has 0 bridgehead atoms. The highest BCUT2D eigenvalue weighted by molar-refractivity contribution is 6.10. The molecule has 7 aromatic carbocycles. The molecule has 0 amide bonds. The first-order valence-corrected chi connectivity index (χ1v) is 15.7. The maximum Gasteiger partial charge on any atom is 0.0541 e. The molecule has 0 radical (unpaired) electrons. The van der Waals surface area contributed by atoms with Gasteiger partial charge in [0.25, 0.3) is 0 Å². The molecule has 8 aromatic rings. The smallest absolute Gasteiger partial charge is 0.0541 e. The Hall–Kier alpha value is -5.60. The van der Waals surface area contributed by atoms with Gasteiger partial charge < -0.3 is 9.88 Å². The molecule has 9 rings (SSSR count). The minimum Gasteiger partial charge on any atom is -0.356 e. The van der Waals surface area contributed by atoms with Crippen molar-refractivity contribution in [2.24, 2.45) is 0 Å². The van der Waals surface area contributed by atoms with Crippen molar-refractivity contribution in [3.05, 3.63) is 163 Å². The zero-order valence-corrected chi connectivity index (χ0v) is 25.4. The van der Waals surface area contributed by atoms with Crippen molar-refractivity contribution in [3.8, 4) is 27.9 Å². The molecule has 0 saturated carbocycles. The number of fused-ring (bicyclic) bond motifs is 7. The first-order chi connectivity index (χ1) is 22.1. The predicted molar refractivity (Wildman–Crippen MR) is 191 cm³/mol. The fourth-order valence-corrected chi connectivity index (χ4v) is 7.52. The summed E-state index contributed by atoms with van der Waals surface area (Å²) in [7, 11) is 0. The van der Waals surface area contributed by atoms with E-state index in [0.717, 1.165) is 11.4 Å². The van der Waals surface area contributed by atoms with Crippen LogP contribution in [0.2, 0.25) is 0 Å². The van der Waals surface area contributed by atoms with E-state index < -0.39 is 0 Å². The van der Waals surface area contributed by atoms with Crippen molar-refractivity contribution in [2.75, 3.05) is 5.32 Å². The molecule has 0 aliphatic heterocycles. The number of nitrogens with zero attached hydrogens (tertiary/aromatic N) is 1. The quantitative estimate of drug-likeness (QED) is 0.220. The van der Waals surface area contributed by atoms with Crippen LogP contribution in [-0.2, 0) is 5.41 Å². The highest BCUT2D eigenvalue weighted by Crippen LogP contribution is 2.49. The monoisotopic (exact) mass is 576 g/mol. The van der Waals surface area contributed by atoms with Crippen LogP contribution in [0.15, 0.2) is 152 Å². The van der Waals surface area contributed by atoms with E-state index in [1.165, 1.54) is 71.6 Å². The molecule has 0 saturated heterocycles. The van der Waals surface area contributed by atoms with Crippen molar-refractivity contribution in [3.63, 3.8) is 0 Å². The summed E-state index contributed by atoms with van der Waals surface area (Å²) in [6.45, 7) is 4.64. The zero-order chi connectivity index (χ0) is 30.1. The topological polar surface area (TPSA) is 17.0 Å². The van der Waals surface area contributed by atoms with Gasteiger partial charge in [0.1, 0.15) is 0 Å². The summed E-state index contributed by atoms with van der Waals surface area (Å²) in [5.41, 5.74) is 13.7. The number of aromatic nitrogens is 1. The van der Waals surface area contributed by atoms with Crippen molar-refractivity contribution in [1.82, 2.24) is 4.57 Å². The van der Waals surface area contributed by atoms with E-state index in [0.29, 0.717) is 0 Å². The molecule has 2 heteroatoms. The number of nitrogens with one attached hydrogen (secondary N) is 1. The number of rotatable bonds is 4. The first-order valence-electron chi connectivity index (χ1n) is 15.7. The Morgan fingerprint density at radius 1 is 0.467 bits per heavy atom. The summed E-state index contributed by atoms with van der Waals surface area (Å²) in [4.78, 5) is 0. The molecule has 0 fully saturated rings. The van der Waals surface area contributed by atoms with Gasteiger partial charge in [0, 0.05) is 32.9 Å². The van der Waals surface area contributed by atoms with E-state index in [1.807, 2.05) is 0 Å². The molecule has 0 spiro atoms. The summed E-state index contributed by atoms with van der Waals surface area (Å²) in [5.74, 6) is 0. The number of hydrogen-bond acceptors (Lipinski definition) is 1. The third kappa shape index (κ3) is 3.96. The van der Waals surface area contributed by atoms with Crippen molar-refractivity contribution in [1.29, 1.82) is 0 Å². The summed E-state index contributed by atoms with van der Waals surface area (Å²) < 4.78 is 2.42. The second-order valence-electron chi connectivity index (χ2n) is 12.7. The molecule has 2 nitrogen and oxygen atoms in total. The van der Waals surface area contributed by atoms with Gasteiger partial charge in [-0.1, -0.05) is 117 Å². The normalized spacial score (nSPS) is 13.3. The number of anilines is 2. The third-order valence-electron chi connectivity index (χ3n) is 9.77. The lowest BCUT2D eigenvalue weighted by molar-refractivity contribution is 0.660. The second kappa shape index (κ2) is 9.70. The van der Waals surface area contributed by atoms with Gasteiger partial charge in [-0.25, -0.2) is 0 Å². The van der Waals surface area contributed by atoms with Crippen molar-refractivity contribution in [2.45, 2.75) is 19.3 Å². The van der Waals surface area contributed by atoms with Gasteiger partial charge in [0.15, 0.2) is 0 Å².